The molecule has 1 nitrogen and oxygen atoms in total. The van der Waals surface area contributed by atoms with E-state index in [1.54, 1.807) is 0 Å². The van der Waals surface area contributed by atoms with Crippen LogP contribution >= 0.6 is 0 Å². The molecule has 55 valence electrons. The molecule has 5 heteroatoms. The summed E-state index contributed by atoms with van der Waals surface area (Å²) in [5.41, 5.74) is 4.58. The Hall–Kier alpha value is -0.320. The van der Waals surface area contributed by atoms with Gasteiger partial charge in [-0.1, -0.05) is 0 Å². The van der Waals surface area contributed by atoms with Gasteiger partial charge in [0.05, 0.1) is 0 Å². The molecule has 0 fully saturated rings. The Morgan fingerprint density at radius 3 is 1.44 bits per heavy atom. The van der Waals surface area contributed by atoms with Gasteiger partial charge in [0.2, 0.25) is 0 Å². The molecule has 0 aromatic rings. The molecule has 0 rings (SSSR count). The zero-order chi connectivity index (χ0) is 7.44. The van der Waals surface area contributed by atoms with E-state index in [-0.39, 0.29) is 0 Å². The van der Waals surface area contributed by atoms with Crippen molar-refractivity contribution in [2.45, 2.75) is 12.9 Å². The predicted molar refractivity (Wildman–Crippen MR) is 24.3 cm³/mol. The van der Waals surface area contributed by atoms with Crippen LogP contribution < -0.4 is 5.73 Å². The van der Waals surface area contributed by atoms with Gasteiger partial charge in [-0.25, -0.2) is 17.6 Å². The highest BCUT2D eigenvalue weighted by atomic mass is 19.3. The van der Waals surface area contributed by atoms with Crippen molar-refractivity contribution in [1.82, 2.24) is 0 Å². The minimum absolute atomic E-state index is 0.755. The molecule has 1 radical (unpaired) electrons. The van der Waals surface area contributed by atoms with Crippen molar-refractivity contribution in [1.29, 1.82) is 0 Å². The number of hydrogen-bond donors (Lipinski definition) is 1. The number of halogens is 4. The number of alkyl halides is 4. The zero-order valence-corrected chi connectivity index (χ0v) is 4.45. The molecule has 0 atom stereocenters. The third-order valence-corrected chi connectivity index (χ3v) is 0.796. The third-order valence-electron chi connectivity index (χ3n) is 0.796. The Kier molecular flexibility index (Phi) is 3.53. The van der Waals surface area contributed by atoms with Crippen molar-refractivity contribution < 1.29 is 17.6 Å². The molecule has 0 aliphatic heterocycles. The minimum atomic E-state index is -3.10. The monoisotopic (exact) mass is 144 g/mol. The summed E-state index contributed by atoms with van der Waals surface area (Å²) < 4.78 is 45.4. The summed E-state index contributed by atoms with van der Waals surface area (Å²) in [7, 11) is 0. The summed E-state index contributed by atoms with van der Waals surface area (Å²) >= 11 is 0. The van der Waals surface area contributed by atoms with Crippen molar-refractivity contribution >= 4 is 0 Å². The summed E-state index contributed by atoms with van der Waals surface area (Å²) in [5.74, 6) is -1.20. The van der Waals surface area contributed by atoms with Gasteiger partial charge in [-0.2, -0.15) is 0 Å². The summed E-state index contributed by atoms with van der Waals surface area (Å²) in [6, 6.07) is 0. The molecule has 0 aliphatic carbocycles. The van der Waals surface area contributed by atoms with Crippen molar-refractivity contribution in [3.05, 3.63) is 5.92 Å². The number of nitrogens with two attached hydrogens (primary N) is 1. The highest BCUT2D eigenvalue weighted by Crippen LogP contribution is 2.18. The second kappa shape index (κ2) is 3.66. The quantitative estimate of drug-likeness (QED) is 0.588. The molecule has 9 heavy (non-hydrogen) atoms. The van der Waals surface area contributed by atoms with Gasteiger partial charge >= 0.3 is 0 Å². The van der Waals surface area contributed by atoms with Crippen LogP contribution in [-0.2, 0) is 0 Å². The fourth-order valence-corrected chi connectivity index (χ4v) is 0.273. The van der Waals surface area contributed by atoms with Gasteiger partial charge in [-0.3, -0.25) is 0 Å². The van der Waals surface area contributed by atoms with E-state index in [0.717, 1.165) is 0 Å². The van der Waals surface area contributed by atoms with E-state index in [2.05, 4.69) is 5.73 Å². The molecular weight excluding hydrogens is 138 g/mol. The van der Waals surface area contributed by atoms with Crippen LogP contribution in [0.5, 0.6) is 0 Å². The lowest BCUT2D eigenvalue weighted by Crippen LogP contribution is -2.26. The first-order chi connectivity index (χ1) is 4.09. The third kappa shape index (κ3) is 2.64. The Labute approximate surface area is 49.8 Å². The lowest BCUT2D eigenvalue weighted by molar-refractivity contribution is 0.0717. The number of rotatable bonds is 3. The van der Waals surface area contributed by atoms with Crippen molar-refractivity contribution in [2.75, 3.05) is 6.54 Å². The van der Waals surface area contributed by atoms with Crippen LogP contribution in [0, 0.1) is 5.92 Å². The van der Waals surface area contributed by atoms with Gasteiger partial charge in [0.1, 0.15) is 5.92 Å². The molecule has 0 unspecified atom stereocenters. The first-order valence-corrected chi connectivity index (χ1v) is 2.21. The SMILES string of the molecule is NC[C](C(F)F)C(F)F. The average Bonchev–Trinajstić information content (AvgIpc) is 1.64. The Morgan fingerprint density at radius 1 is 1.11 bits per heavy atom. The molecule has 0 aliphatic rings. The highest BCUT2D eigenvalue weighted by Gasteiger charge is 2.29. The van der Waals surface area contributed by atoms with Gasteiger partial charge in [-0.05, 0) is 0 Å². The lowest BCUT2D eigenvalue weighted by Gasteiger charge is -2.09. The van der Waals surface area contributed by atoms with Gasteiger partial charge in [0.25, 0.3) is 12.9 Å². The van der Waals surface area contributed by atoms with E-state index in [4.69, 9.17) is 0 Å². The fourth-order valence-electron chi connectivity index (χ4n) is 0.273. The normalized spacial score (nSPS) is 12.0. The molecular formula is C4H6F4N. The van der Waals surface area contributed by atoms with Crippen LogP contribution in [-0.4, -0.2) is 19.4 Å². The molecule has 0 spiro atoms. The first kappa shape index (κ1) is 8.68. The molecule has 0 heterocycles. The van der Waals surface area contributed by atoms with Crippen molar-refractivity contribution in [3.63, 3.8) is 0 Å². The molecule has 0 saturated heterocycles. The highest BCUT2D eigenvalue weighted by molar-refractivity contribution is 4.96. The molecule has 0 amide bonds. The van der Waals surface area contributed by atoms with E-state index >= 15 is 0 Å². The zero-order valence-electron chi connectivity index (χ0n) is 4.45. The Morgan fingerprint density at radius 2 is 1.44 bits per heavy atom. The number of hydrogen-bond acceptors (Lipinski definition) is 1. The summed E-state index contributed by atoms with van der Waals surface area (Å²) in [6.07, 6.45) is -6.20. The lowest BCUT2D eigenvalue weighted by atomic mass is 10.2. The maximum atomic E-state index is 11.4. The van der Waals surface area contributed by atoms with Crippen LogP contribution in [0.15, 0.2) is 0 Å². The standard InChI is InChI=1S/C4H6F4N/c5-3(6)2(1-9)4(7)8/h3-4H,1,9H2. The molecule has 0 saturated carbocycles. The maximum Gasteiger partial charge on any atom is 0.251 e. The van der Waals surface area contributed by atoms with Gasteiger partial charge < -0.3 is 5.73 Å². The largest absolute Gasteiger partial charge is 0.329 e. The fraction of sp³-hybridized carbons (Fsp3) is 0.750. The summed E-state index contributed by atoms with van der Waals surface area (Å²) in [5, 5.41) is 0. The van der Waals surface area contributed by atoms with Gasteiger partial charge in [0, 0.05) is 6.54 Å². The van der Waals surface area contributed by atoms with Crippen LogP contribution in [0.1, 0.15) is 0 Å². The second-order valence-corrected chi connectivity index (χ2v) is 1.38. The van der Waals surface area contributed by atoms with Crippen LogP contribution in [0.2, 0.25) is 0 Å². The van der Waals surface area contributed by atoms with Crippen molar-refractivity contribution in [3.8, 4) is 0 Å². The first-order valence-electron chi connectivity index (χ1n) is 2.21. The van der Waals surface area contributed by atoms with Crippen LogP contribution in [0.4, 0.5) is 17.6 Å². The summed E-state index contributed by atoms with van der Waals surface area (Å²) in [6.45, 7) is -0.755. The van der Waals surface area contributed by atoms with Crippen molar-refractivity contribution in [2.24, 2.45) is 5.73 Å². The topological polar surface area (TPSA) is 26.0 Å². The van der Waals surface area contributed by atoms with Gasteiger partial charge in [-0.15, -0.1) is 0 Å². The average molecular weight is 144 g/mol. The molecule has 0 bridgehead atoms. The minimum Gasteiger partial charge on any atom is -0.329 e. The van der Waals surface area contributed by atoms with E-state index in [9.17, 15) is 17.6 Å². The summed E-state index contributed by atoms with van der Waals surface area (Å²) in [4.78, 5) is 0. The maximum absolute atomic E-state index is 11.4. The molecule has 2 N–H and O–H groups in total. The second-order valence-electron chi connectivity index (χ2n) is 1.38. The Balaban J connectivity index is 3.68. The molecule has 0 aromatic carbocycles. The van der Waals surface area contributed by atoms with Gasteiger partial charge in [0.15, 0.2) is 0 Å². The van der Waals surface area contributed by atoms with Crippen LogP contribution in [0.25, 0.3) is 0 Å². The van der Waals surface area contributed by atoms with E-state index in [0.29, 0.717) is 0 Å². The predicted octanol–water partition coefficient (Wildman–Crippen LogP) is 1.05. The van der Waals surface area contributed by atoms with E-state index in [1.807, 2.05) is 0 Å². The smallest absolute Gasteiger partial charge is 0.251 e. The molecule has 0 aromatic heterocycles. The van der Waals surface area contributed by atoms with E-state index in [1.165, 1.54) is 0 Å². The van der Waals surface area contributed by atoms with E-state index < -0.39 is 25.3 Å². The Bertz CT molecular complexity index is 67.0. The van der Waals surface area contributed by atoms with Crippen LogP contribution in [0.3, 0.4) is 0 Å².